The maximum Gasteiger partial charge on any atom is 0.253 e. The van der Waals surface area contributed by atoms with Crippen molar-refractivity contribution in [3.8, 4) is 0 Å². The van der Waals surface area contributed by atoms with E-state index in [2.05, 4.69) is 4.90 Å². The van der Waals surface area contributed by atoms with Gasteiger partial charge in [0.05, 0.1) is 5.60 Å². The van der Waals surface area contributed by atoms with E-state index in [1.165, 1.54) is 0 Å². The molecule has 1 fully saturated rings. The molecule has 1 amide bonds. The van der Waals surface area contributed by atoms with Crippen LogP contribution < -0.4 is 0 Å². The quantitative estimate of drug-likeness (QED) is 0.828. The molecule has 24 heavy (non-hydrogen) atoms. The van der Waals surface area contributed by atoms with Gasteiger partial charge in [-0.2, -0.15) is 0 Å². The SMILES string of the molecule is CN1CCN(C(=O)c2ccc(CCC(C)(C)O)cc2)C[C@@H]1CCO. The zero-order valence-electron chi connectivity index (χ0n) is 15.0. The van der Waals surface area contributed by atoms with Gasteiger partial charge in [0.25, 0.3) is 5.91 Å². The molecule has 5 heteroatoms. The highest BCUT2D eigenvalue weighted by molar-refractivity contribution is 5.94. The molecular formula is C19H30N2O3. The summed E-state index contributed by atoms with van der Waals surface area (Å²) in [5, 5.41) is 19.0. The first-order valence-electron chi connectivity index (χ1n) is 8.72. The van der Waals surface area contributed by atoms with Crippen molar-refractivity contribution < 1.29 is 15.0 Å². The average molecular weight is 334 g/mol. The fourth-order valence-corrected chi connectivity index (χ4v) is 3.04. The van der Waals surface area contributed by atoms with Crippen molar-refractivity contribution >= 4 is 5.91 Å². The molecule has 0 radical (unpaired) electrons. The molecule has 1 atom stereocenters. The van der Waals surface area contributed by atoms with Crippen molar-refractivity contribution in [1.29, 1.82) is 0 Å². The van der Waals surface area contributed by atoms with Crippen LogP contribution in [0.5, 0.6) is 0 Å². The Morgan fingerprint density at radius 1 is 1.25 bits per heavy atom. The van der Waals surface area contributed by atoms with E-state index in [-0.39, 0.29) is 18.6 Å². The zero-order valence-corrected chi connectivity index (χ0v) is 15.0. The lowest BCUT2D eigenvalue weighted by Crippen LogP contribution is -2.53. The summed E-state index contributed by atoms with van der Waals surface area (Å²) in [7, 11) is 2.04. The smallest absolute Gasteiger partial charge is 0.253 e. The van der Waals surface area contributed by atoms with Crippen LogP contribution in [-0.2, 0) is 6.42 Å². The highest BCUT2D eigenvalue weighted by Crippen LogP contribution is 2.17. The number of likely N-dealkylation sites (N-methyl/N-ethyl adjacent to an activating group) is 1. The maximum absolute atomic E-state index is 12.7. The van der Waals surface area contributed by atoms with E-state index in [1.54, 1.807) is 13.8 Å². The monoisotopic (exact) mass is 334 g/mol. The molecule has 0 bridgehead atoms. The number of benzene rings is 1. The number of aryl methyl sites for hydroxylation is 1. The Balaban J connectivity index is 1.97. The van der Waals surface area contributed by atoms with Crippen molar-refractivity contribution in [3.63, 3.8) is 0 Å². The number of aliphatic hydroxyl groups is 2. The van der Waals surface area contributed by atoms with Crippen molar-refractivity contribution in [3.05, 3.63) is 35.4 Å². The van der Waals surface area contributed by atoms with Crippen molar-refractivity contribution in [2.75, 3.05) is 33.3 Å². The lowest BCUT2D eigenvalue weighted by molar-refractivity contribution is 0.0500. The number of nitrogens with zero attached hydrogens (tertiary/aromatic N) is 2. The Hall–Kier alpha value is -1.43. The summed E-state index contributed by atoms with van der Waals surface area (Å²) in [6, 6.07) is 7.92. The minimum atomic E-state index is -0.671. The topological polar surface area (TPSA) is 64.0 Å². The van der Waals surface area contributed by atoms with Gasteiger partial charge in [-0.25, -0.2) is 0 Å². The Morgan fingerprint density at radius 2 is 1.92 bits per heavy atom. The van der Waals surface area contributed by atoms with E-state index in [0.717, 1.165) is 25.1 Å². The Bertz CT molecular complexity index is 537. The van der Waals surface area contributed by atoms with E-state index >= 15 is 0 Å². The van der Waals surface area contributed by atoms with Gasteiger partial charge >= 0.3 is 0 Å². The molecule has 1 aromatic carbocycles. The molecular weight excluding hydrogens is 304 g/mol. The predicted octanol–water partition coefficient (Wildman–Crippen LogP) is 1.53. The molecule has 1 saturated heterocycles. The van der Waals surface area contributed by atoms with Crippen molar-refractivity contribution in [2.45, 2.75) is 44.8 Å². The first-order chi connectivity index (χ1) is 11.3. The minimum absolute atomic E-state index is 0.0556. The van der Waals surface area contributed by atoms with Gasteiger partial charge in [0.2, 0.25) is 0 Å². The Morgan fingerprint density at radius 3 is 2.50 bits per heavy atom. The number of hydrogen-bond donors (Lipinski definition) is 2. The second-order valence-electron chi connectivity index (χ2n) is 7.41. The number of piperazine rings is 1. The van der Waals surface area contributed by atoms with E-state index < -0.39 is 5.60 Å². The summed E-state index contributed by atoms with van der Waals surface area (Å²) >= 11 is 0. The molecule has 2 rings (SSSR count). The summed E-state index contributed by atoms with van der Waals surface area (Å²) in [6.45, 7) is 5.98. The first kappa shape index (κ1) is 18.9. The van der Waals surface area contributed by atoms with Crippen LogP contribution in [0.3, 0.4) is 0 Å². The van der Waals surface area contributed by atoms with Crippen LogP contribution in [-0.4, -0.2) is 70.9 Å². The van der Waals surface area contributed by atoms with Crippen LogP contribution >= 0.6 is 0 Å². The standard InChI is InChI=1S/C19H30N2O3/c1-19(2,24)10-8-15-4-6-16(7-5-15)18(23)21-12-11-20(3)17(14-21)9-13-22/h4-7,17,22,24H,8-14H2,1-3H3/t17-/m0/s1. The summed E-state index contributed by atoms with van der Waals surface area (Å²) in [6.07, 6.45) is 2.18. The number of aliphatic hydroxyl groups excluding tert-OH is 1. The molecule has 1 heterocycles. The van der Waals surface area contributed by atoms with E-state index in [9.17, 15) is 9.90 Å². The van der Waals surface area contributed by atoms with Gasteiger partial charge < -0.3 is 15.1 Å². The lowest BCUT2D eigenvalue weighted by Gasteiger charge is -2.39. The molecule has 0 unspecified atom stereocenters. The van der Waals surface area contributed by atoms with Crippen LogP contribution in [0.1, 0.15) is 42.6 Å². The fraction of sp³-hybridized carbons (Fsp3) is 0.632. The molecule has 0 spiro atoms. The Kier molecular flexibility index (Phi) is 6.38. The van der Waals surface area contributed by atoms with Crippen LogP contribution in [0.25, 0.3) is 0 Å². The Labute approximate surface area is 144 Å². The molecule has 0 aromatic heterocycles. The molecule has 5 nitrogen and oxygen atoms in total. The second kappa shape index (κ2) is 8.10. The summed E-state index contributed by atoms with van der Waals surface area (Å²) in [5.41, 5.74) is 1.16. The van der Waals surface area contributed by atoms with E-state index in [0.29, 0.717) is 24.9 Å². The third kappa shape index (κ3) is 5.30. The van der Waals surface area contributed by atoms with Gasteiger partial charge in [0.1, 0.15) is 0 Å². The number of carbonyl (C=O) groups excluding carboxylic acids is 1. The number of hydrogen-bond acceptors (Lipinski definition) is 4. The lowest BCUT2D eigenvalue weighted by atomic mass is 9.98. The van der Waals surface area contributed by atoms with Gasteiger partial charge in [-0.3, -0.25) is 9.69 Å². The van der Waals surface area contributed by atoms with Crippen LogP contribution in [0.4, 0.5) is 0 Å². The van der Waals surface area contributed by atoms with Crippen LogP contribution in [0.2, 0.25) is 0 Å². The fourth-order valence-electron chi connectivity index (χ4n) is 3.04. The summed E-state index contributed by atoms with van der Waals surface area (Å²) in [5.74, 6) is 0.0556. The molecule has 1 aromatic rings. The summed E-state index contributed by atoms with van der Waals surface area (Å²) in [4.78, 5) is 16.8. The second-order valence-corrected chi connectivity index (χ2v) is 7.41. The maximum atomic E-state index is 12.7. The largest absolute Gasteiger partial charge is 0.396 e. The molecule has 1 aliphatic rings. The van der Waals surface area contributed by atoms with E-state index in [4.69, 9.17) is 5.11 Å². The molecule has 2 N–H and O–H groups in total. The van der Waals surface area contributed by atoms with Gasteiger partial charge in [-0.15, -0.1) is 0 Å². The van der Waals surface area contributed by atoms with Crippen LogP contribution in [0, 0.1) is 0 Å². The average Bonchev–Trinajstić information content (AvgIpc) is 2.54. The number of rotatable bonds is 6. The summed E-state index contributed by atoms with van der Waals surface area (Å²) < 4.78 is 0. The number of carbonyl (C=O) groups is 1. The minimum Gasteiger partial charge on any atom is -0.396 e. The highest BCUT2D eigenvalue weighted by Gasteiger charge is 2.27. The van der Waals surface area contributed by atoms with Crippen LogP contribution in [0.15, 0.2) is 24.3 Å². The predicted molar refractivity (Wildman–Crippen MR) is 95.1 cm³/mol. The third-order valence-electron chi connectivity index (χ3n) is 4.75. The van der Waals surface area contributed by atoms with Gasteiger partial charge in [-0.05, 0) is 57.9 Å². The zero-order chi connectivity index (χ0) is 17.7. The van der Waals surface area contributed by atoms with Gasteiger partial charge in [-0.1, -0.05) is 12.1 Å². The normalized spacial score (nSPS) is 19.5. The number of amides is 1. The van der Waals surface area contributed by atoms with Gasteiger partial charge in [0.15, 0.2) is 0 Å². The van der Waals surface area contributed by atoms with E-state index in [1.807, 2.05) is 36.2 Å². The van der Waals surface area contributed by atoms with Gasteiger partial charge in [0, 0.05) is 37.8 Å². The molecule has 134 valence electrons. The highest BCUT2D eigenvalue weighted by atomic mass is 16.3. The van der Waals surface area contributed by atoms with Crippen molar-refractivity contribution in [2.24, 2.45) is 0 Å². The first-order valence-corrected chi connectivity index (χ1v) is 8.72. The molecule has 0 aliphatic carbocycles. The molecule has 0 saturated carbocycles. The third-order valence-corrected chi connectivity index (χ3v) is 4.75. The molecule has 1 aliphatic heterocycles. The van der Waals surface area contributed by atoms with Crippen molar-refractivity contribution in [1.82, 2.24) is 9.80 Å².